The Morgan fingerprint density at radius 1 is 2.00 bits per heavy atom. The fourth-order valence-electron chi connectivity index (χ4n) is 0.312. The molecule has 0 atom stereocenters. The lowest BCUT2D eigenvalue weighted by Crippen LogP contribution is -2.08. The van der Waals surface area contributed by atoms with Gasteiger partial charge in [0.1, 0.15) is 0 Å². The van der Waals surface area contributed by atoms with E-state index in [1.807, 2.05) is 0 Å². The molecule has 0 amide bonds. The minimum atomic E-state index is -0.512. The largest absolute Gasteiger partial charge is 0.386 e. The van der Waals surface area contributed by atoms with Crippen molar-refractivity contribution in [3.63, 3.8) is 0 Å². The molecule has 0 radical (unpaired) electrons. The van der Waals surface area contributed by atoms with Gasteiger partial charge in [0, 0.05) is 12.8 Å². The van der Waals surface area contributed by atoms with Crippen molar-refractivity contribution in [1.82, 2.24) is 5.32 Å². The maximum Gasteiger partial charge on any atom is 0.254 e. The van der Waals surface area contributed by atoms with Gasteiger partial charge in [-0.3, -0.25) is 10.1 Å². The second kappa shape index (κ2) is 4.20. The second-order valence-corrected chi connectivity index (χ2v) is 1.66. The van der Waals surface area contributed by atoms with E-state index in [1.165, 1.54) is 0 Å². The van der Waals surface area contributed by atoms with Crippen LogP contribution in [-0.2, 0) is 0 Å². The molecule has 0 aliphatic carbocycles. The molecular formula is C4H8N2O2S. The van der Waals surface area contributed by atoms with Gasteiger partial charge in [0.05, 0.1) is 10.6 Å². The molecule has 0 heterocycles. The molecule has 0 saturated carbocycles. The van der Waals surface area contributed by atoms with E-state index in [4.69, 9.17) is 0 Å². The van der Waals surface area contributed by atoms with E-state index >= 15 is 0 Å². The molecule has 0 aliphatic heterocycles. The summed E-state index contributed by atoms with van der Waals surface area (Å²) in [6.45, 7) is 0. The summed E-state index contributed by atoms with van der Waals surface area (Å²) in [4.78, 5) is 9.27. The lowest BCUT2D eigenvalue weighted by Gasteiger charge is -1.95. The number of hydrogen-bond donors (Lipinski definition) is 2. The molecule has 0 bridgehead atoms. The third-order valence-corrected chi connectivity index (χ3v) is 1.09. The minimum absolute atomic E-state index is 0.359. The summed E-state index contributed by atoms with van der Waals surface area (Å²) in [5.74, 6) is 0.359. The van der Waals surface area contributed by atoms with Crippen molar-refractivity contribution in [2.75, 3.05) is 12.8 Å². The van der Waals surface area contributed by atoms with Gasteiger partial charge in [-0.1, -0.05) is 0 Å². The smallest absolute Gasteiger partial charge is 0.254 e. The van der Waals surface area contributed by atoms with Gasteiger partial charge in [-0.15, -0.1) is 0 Å². The van der Waals surface area contributed by atoms with Crippen molar-refractivity contribution < 1.29 is 4.92 Å². The first-order valence-corrected chi connectivity index (χ1v) is 2.96. The molecule has 9 heavy (non-hydrogen) atoms. The monoisotopic (exact) mass is 148 g/mol. The Labute approximate surface area is 58.5 Å². The third-order valence-electron chi connectivity index (χ3n) is 0.753. The van der Waals surface area contributed by atoms with Crippen molar-refractivity contribution in [2.24, 2.45) is 0 Å². The summed E-state index contributed by atoms with van der Waals surface area (Å²) >= 11 is 3.84. The summed E-state index contributed by atoms with van der Waals surface area (Å²) in [5, 5.41) is 12.4. The van der Waals surface area contributed by atoms with Crippen LogP contribution in [0.25, 0.3) is 0 Å². The first kappa shape index (κ1) is 8.29. The summed E-state index contributed by atoms with van der Waals surface area (Å²) in [6, 6.07) is 0. The maximum atomic E-state index is 9.78. The summed E-state index contributed by atoms with van der Waals surface area (Å²) in [6.07, 6.45) is 0.896. The molecule has 0 aromatic rings. The molecule has 0 saturated heterocycles. The Kier molecular flexibility index (Phi) is 3.87. The third kappa shape index (κ3) is 3.84. The molecule has 0 spiro atoms. The van der Waals surface area contributed by atoms with Crippen LogP contribution in [0.2, 0.25) is 0 Å². The molecule has 52 valence electrons. The predicted octanol–water partition coefficient (Wildman–Crippen LogP) is 0.254. The molecule has 0 aliphatic rings. The number of hydrogen-bond acceptors (Lipinski definition) is 4. The van der Waals surface area contributed by atoms with Crippen LogP contribution >= 0.6 is 12.6 Å². The van der Waals surface area contributed by atoms with E-state index in [2.05, 4.69) is 17.9 Å². The van der Waals surface area contributed by atoms with Gasteiger partial charge in [-0.2, -0.15) is 12.6 Å². The van der Waals surface area contributed by atoms with Crippen LogP contribution < -0.4 is 5.32 Å². The molecule has 0 fully saturated rings. The van der Waals surface area contributed by atoms with Gasteiger partial charge in [0.15, 0.2) is 0 Å². The molecule has 5 heteroatoms. The van der Waals surface area contributed by atoms with Gasteiger partial charge in [-0.25, -0.2) is 0 Å². The molecule has 0 rings (SSSR count). The standard InChI is InChI=1S/C4H8N2O2S/c1-5-4(3-9)2-6(7)8/h2,5,9H,3H2,1H3. The van der Waals surface area contributed by atoms with E-state index in [-0.39, 0.29) is 0 Å². The van der Waals surface area contributed by atoms with Crippen molar-refractivity contribution in [3.05, 3.63) is 22.0 Å². The van der Waals surface area contributed by atoms with Gasteiger partial charge in [0.2, 0.25) is 0 Å². The number of thiol groups is 1. The Morgan fingerprint density at radius 3 is 2.67 bits per heavy atom. The SMILES string of the molecule is CNC(=C[N+](=O)[O-])CS. The Hall–Kier alpha value is -0.710. The first-order valence-electron chi connectivity index (χ1n) is 2.33. The van der Waals surface area contributed by atoms with Crippen molar-refractivity contribution in [3.8, 4) is 0 Å². The van der Waals surface area contributed by atoms with Gasteiger partial charge in [0.25, 0.3) is 6.20 Å². The molecule has 0 unspecified atom stereocenters. The second-order valence-electron chi connectivity index (χ2n) is 1.35. The predicted molar refractivity (Wildman–Crippen MR) is 38.0 cm³/mol. The normalized spacial score (nSPS) is 11.1. The minimum Gasteiger partial charge on any atom is -0.386 e. The number of rotatable bonds is 3. The van der Waals surface area contributed by atoms with Crippen molar-refractivity contribution in [2.45, 2.75) is 0 Å². The molecule has 1 N–H and O–H groups in total. The van der Waals surface area contributed by atoms with Crippen molar-refractivity contribution >= 4 is 12.6 Å². The van der Waals surface area contributed by atoms with E-state index in [1.54, 1.807) is 7.05 Å². The van der Waals surface area contributed by atoms with Crippen LogP contribution in [0, 0.1) is 10.1 Å². The van der Waals surface area contributed by atoms with Gasteiger partial charge >= 0.3 is 0 Å². The van der Waals surface area contributed by atoms with Crippen molar-refractivity contribution in [1.29, 1.82) is 0 Å². The van der Waals surface area contributed by atoms with Crippen LogP contribution in [-0.4, -0.2) is 17.7 Å². The molecule has 4 nitrogen and oxygen atoms in total. The van der Waals surface area contributed by atoms with E-state index in [0.717, 1.165) is 6.20 Å². The molecule has 0 aromatic carbocycles. The molecular weight excluding hydrogens is 140 g/mol. The zero-order chi connectivity index (χ0) is 7.28. The summed E-state index contributed by atoms with van der Waals surface area (Å²) in [5.41, 5.74) is 0.503. The highest BCUT2D eigenvalue weighted by molar-refractivity contribution is 7.80. The van der Waals surface area contributed by atoms with E-state index in [9.17, 15) is 10.1 Å². The zero-order valence-corrected chi connectivity index (χ0v) is 5.89. The lowest BCUT2D eigenvalue weighted by atomic mass is 10.5. The summed E-state index contributed by atoms with van der Waals surface area (Å²) in [7, 11) is 1.62. The highest BCUT2D eigenvalue weighted by Gasteiger charge is 1.94. The Morgan fingerprint density at radius 2 is 2.56 bits per heavy atom. The Balaban J connectivity index is 3.91. The maximum absolute atomic E-state index is 9.78. The van der Waals surface area contributed by atoms with Crippen LogP contribution in [0.4, 0.5) is 0 Å². The highest BCUT2D eigenvalue weighted by atomic mass is 32.1. The Bertz CT molecular complexity index is 129. The topological polar surface area (TPSA) is 55.2 Å². The van der Waals surface area contributed by atoms with Gasteiger partial charge in [-0.05, 0) is 0 Å². The lowest BCUT2D eigenvalue weighted by molar-refractivity contribution is -0.403. The quantitative estimate of drug-likeness (QED) is 0.343. The van der Waals surface area contributed by atoms with E-state index < -0.39 is 4.92 Å². The average molecular weight is 148 g/mol. The fourth-order valence-corrected chi connectivity index (χ4v) is 0.551. The van der Waals surface area contributed by atoms with Crippen LogP contribution in [0.15, 0.2) is 11.9 Å². The van der Waals surface area contributed by atoms with Crippen LogP contribution in [0.1, 0.15) is 0 Å². The van der Waals surface area contributed by atoms with E-state index in [0.29, 0.717) is 11.4 Å². The fraction of sp³-hybridized carbons (Fsp3) is 0.500. The molecule has 0 aromatic heterocycles. The zero-order valence-electron chi connectivity index (χ0n) is 5.00. The number of nitrogens with zero attached hydrogens (tertiary/aromatic N) is 1. The summed E-state index contributed by atoms with van der Waals surface area (Å²) < 4.78 is 0. The average Bonchev–Trinajstić information content (AvgIpc) is 1.82. The van der Waals surface area contributed by atoms with Gasteiger partial charge < -0.3 is 5.32 Å². The number of nitro groups is 1. The number of nitrogens with one attached hydrogen (secondary N) is 1. The highest BCUT2D eigenvalue weighted by Crippen LogP contribution is 1.89. The first-order chi connectivity index (χ1) is 4.20. The van der Waals surface area contributed by atoms with Crippen LogP contribution in [0.5, 0.6) is 0 Å². The van der Waals surface area contributed by atoms with Crippen LogP contribution in [0.3, 0.4) is 0 Å².